The number of nitrogens with two attached hydrogens (primary N) is 1. The maximum atomic E-state index is 5.64. The van der Waals surface area contributed by atoms with E-state index in [1.165, 1.54) is 10.3 Å². The molecule has 5 heteroatoms. The number of nitrogens with zero attached hydrogens (tertiary/aromatic N) is 2. The third kappa shape index (κ3) is 2.12. The predicted molar refractivity (Wildman–Crippen MR) is 76.3 cm³/mol. The van der Waals surface area contributed by atoms with E-state index in [1.807, 2.05) is 12.1 Å². The van der Waals surface area contributed by atoms with Gasteiger partial charge in [-0.25, -0.2) is 9.97 Å². The summed E-state index contributed by atoms with van der Waals surface area (Å²) in [7, 11) is 0. The van der Waals surface area contributed by atoms with Gasteiger partial charge >= 0.3 is 0 Å². The topological polar surface area (TPSA) is 63.8 Å². The zero-order chi connectivity index (χ0) is 12.5. The van der Waals surface area contributed by atoms with E-state index in [4.69, 9.17) is 5.73 Å². The lowest BCUT2D eigenvalue weighted by Crippen LogP contribution is -1.93. The fraction of sp³-hybridized carbons (Fsp3) is 0.0769. The van der Waals surface area contributed by atoms with Crippen molar-refractivity contribution in [3.8, 4) is 0 Å². The summed E-state index contributed by atoms with van der Waals surface area (Å²) in [6, 6.07) is 9.90. The van der Waals surface area contributed by atoms with Crippen LogP contribution in [0.15, 0.2) is 36.5 Å². The lowest BCUT2D eigenvalue weighted by Gasteiger charge is -2.01. The van der Waals surface area contributed by atoms with E-state index >= 15 is 0 Å². The first-order valence-electron chi connectivity index (χ1n) is 5.56. The van der Waals surface area contributed by atoms with Gasteiger partial charge in [0.1, 0.15) is 5.82 Å². The Morgan fingerprint density at radius 2 is 2.11 bits per heavy atom. The van der Waals surface area contributed by atoms with Gasteiger partial charge in [0.15, 0.2) is 5.13 Å². The molecule has 18 heavy (non-hydrogen) atoms. The molecule has 0 saturated carbocycles. The Bertz CT molecular complexity index is 705. The fourth-order valence-electron chi connectivity index (χ4n) is 1.73. The molecule has 0 aliphatic rings. The summed E-state index contributed by atoms with van der Waals surface area (Å²) in [5.41, 5.74) is 8.79. The number of pyridine rings is 1. The van der Waals surface area contributed by atoms with Crippen LogP contribution in [0.1, 0.15) is 5.56 Å². The number of benzene rings is 1. The zero-order valence-corrected chi connectivity index (χ0v) is 10.7. The van der Waals surface area contributed by atoms with Crippen molar-refractivity contribution >= 4 is 38.2 Å². The van der Waals surface area contributed by atoms with Gasteiger partial charge in [-0.05, 0) is 30.7 Å². The fourth-order valence-corrected chi connectivity index (χ4v) is 2.72. The molecule has 0 saturated heterocycles. The number of rotatable bonds is 2. The Morgan fingerprint density at radius 3 is 2.94 bits per heavy atom. The molecule has 0 radical (unpaired) electrons. The molecule has 0 aliphatic heterocycles. The molecule has 2 aromatic heterocycles. The third-order valence-electron chi connectivity index (χ3n) is 2.58. The first kappa shape index (κ1) is 11.0. The molecule has 0 fully saturated rings. The monoisotopic (exact) mass is 256 g/mol. The number of hydrogen-bond acceptors (Lipinski definition) is 5. The minimum absolute atomic E-state index is 0.497. The van der Waals surface area contributed by atoms with Gasteiger partial charge in [-0.2, -0.15) is 0 Å². The van der Waals surface area contributed by atoms with E-state index in [-0.39, 0.29) is 0 Å². The van der Waals surface area contributed by atoms with Crippen molar-refractivity contribution in [3.63, 3.8) is 0 Å². The average Bonchev–Trinajstić information content (AvgIpc) is 2.70. The van der Waals surface area contributed by atoms with Crippen molar-refractivity contribution in [3.05, 3.63) is 42.1 Å². The van der Waals surface area contributed by atoms with Gasteiger partial charge < -0.3 is 11.1 Å². The molecule has 2 heterocycles. The second-order valence-corrected chi connectivity index (χ2v) is 5.12. The summed E-state index contributed by atoms with van der Waals surface area (Å²) < 4.78 is 1.18. The van der Waals surface area contributed by atoms with E-state index in [0.29, 0.717) is 5.82 Å². The van der Waals surface area contributed by atoms with Crippen LogP contribution in [0.25, 0.3) is 10.2 Å². The molecular formula is C13H12N4S. The van der Waals surface area contributed by atoms with Gasteiger partial charge in [0.25, 0.3) is 0 Å². The molecule has 3 aromatic rings. The highest BCUT2D eigenvalue weighted by Gasteiger charge is 2.04. The molecule has 90 valence electrons. The number of aryl methyl sites for hydroxylation is 1. The molecule has 3 rings (SSSR count). The maximum Gasteiger partial charge on any atom is 0.188 e. The van der Waals surface area contributed by atoms with Crippen molar-refractivity contribution in [1.29, 1.82) is 0 Å². The minimum Gasteiger partial charge on any atom is -0.384 e. The number of nitrogens with one attached hydrogen (secondary N) is 1. The van der Waals surface area contributed by atoms with Crippen LogP contribution in [0.3, 0.4) is 0 Å². The second-order valence-electron chi connectivity index (χ2n) is 4.08. The Labute approximate surface area is 109 Å². The molecule has 0 amide bonds. The Kier molecular flexibility index (Phi) is 2.60. The van der Waals surface area contributed by atoms with E-state index in [0.717, 1.165) is 16.3 Å². The molecule has 1 aromatic carbocycles. The van der Waals surface area contributed by atoms with Crippen molar-refractivity contribution in [2.75, 3.05) is 11.1 Å². The maximum absolute atomic E-state index is 5.64. The van der Waals surface area contributed by atoms with Crippen molar-refractivity contribution < 1.29 is 0 Å². The average molecular weight is 256 g/mol. The van der Waals surface area contributed by atoms with Crippen LogP contribution in [-0.2, 0) is 0 Å². The smallest absolute Gasteiger partial charge is 0.188 e. The number of thiazole rings is 1. The van der Waals surface area contributed by atoms with E-state index in [9.17, 15) is 0 Å². The second kappa shape index (κ2) is 4.27. The number of hydrogen-bond donors (Lipinski definition) is 2. The summed E-state index contributed by atoms with van der Waals surface area (Å²) in [4.78, 5) is 8.48. The highest BCUT2D eigenvalue weighted by molar-refractivity contribution is 7.22. The molecule has 4 nitrogen and oxygen atoms in total. The van der Waals surface area contributed by atoms with E-state index in [2.05, 4.69) is 34.3 Å². The molecule has 0 aliphatic carbocycles. The van der Waals surface area contributed by atoms with Crippen molar-refractivity contribution in [1.82, 2.24) is 9.97 Å². The van der Waals surface area contributed by atoms with Gasteiger partial charge in [-0.1, -0.05) is 17.4 Å². The summed E-state index contributed by atoms with van der Waals surface area (Å²) in [6.07, 6.45) is 1.68. The molecule has 0 unspecified atom stereocenters. The van der Waals surface area contributed by atoms with Gasteiger partial charge in [0.2, 0.25) is 0 Å². The summed E-state index contributed by atoms with van der Waals surface area (Å²) in [5.74, 6) is 0.497. The normalized spacial score (nSPS) is 10.7. The highest BCUT2D eigenvalue weighted by atomic mass is 32.1. The summed E-state index contributed by atoms with van der Waals surface area (Å²) in [6.45, 7) is 2.08. The van der Waals surface area contributed by atoms with E-state index in [1.54, 1.807) is 23.6 Å². The molecule has 0 atom stereocenters. The zero-order valence-electron chi connectivity index (χ0n) is 9.84. The summed E-state index contributed by atoms with van der Waals surface area (Å²) in [5, 5.41) is 4.10. The van der Waals surface area contributed by atoms with Crippen LogP contribution in [0.5, 0.6) is 0 Å². The van der Waals surface area contributed by atoms with Crippen LogP contribution in [0, 0.1) is 6.92 Å². The Morgan fingerprint density at radius 1 is 1.22 bits per heavy atom. The van der Waals surface area contributed by atoms with Crippen molar-refractivity contribution in [2.45, 2.75) is 6.92 Å². The molecular weight excluding hydrogens is 244 g/mol. The molecule has 3 N–H and O–H groups in total. The largest absolute Gasteiger partial charge is 0.384 e. The number of fused-ring (bicyclic) bond motifs is 1. The number of aromatic nitrogens is 2. The number of anilines is 3. The van der Waals surface area contributed by atoms with Crippen LogP contribution in [0.4, 0.5) is 16.6 Å². The summed E-state index contributed by atoms with van der Waals surface area (Å²) >= 11 is 1.63. The van der Waals surface area contributed by atoms with Gasteiger partial charge in [0.05, 0.1) is 10.2 Å². The molecule has 0 spiro atoms. The lowest BCUT2D eigenvalue weighted by molar-refractivity contribution is 1.33. The van der Waals surface area contributed by atoms with Crippen molar-refractivity contribution in [2.24, 2.45) is 0 Å². The standard InChI is InChI=1S/C13H12N4S/c1-8-2-3-10-11(6-8)18-13(17-10)16-9-4-5-15-12(14)7-9/h2-7H,1H3,(H3,14,15,16,17). The van der Waals surface area contributed by atoms with Gasteiger partial charge in [0, 0.05) is 18.0 Å². The van der Waals surface area contributed by atoms with Gasteiger partial charge in [-0.3, -0.25) is 0 Å². The number of nitrogen functional groups attached to an aromatic ring is 1. The quantitative estimate of drug-likeness (QED) is 0.738. The van der Waals surface area contributed by atoms with Gasteiger partial charge in [-0.15, -0.1) is 0 Å². The first-order valence-corrected chi connectivity index (χ1v) is 6.38. The molecule has 0 bridgehead atoms. The first-order chi connectivity index (χ1) is 8.70. The SMILES string of the molecule is Cc1ccc2nc(Nc3ccnc(N)c3)sc2c1. The minimum atomic E-state index is 0.497. The lowest BCUT2D eigenvalue weighted by atomic mass is 10.2. The third-order valence-corrected chi connectivity index (χ3v) is 3.51. The van der Waals surface area contributed by atoms with Crippen LogP contribution in [0.2, 0.25) is 0 Å². The predicted octanol–water partition coefficient (Wildman–Crippen LogP) is 3.33. The van der Waals surface area contributed by atoms with Crippen LogP contribution in [-0.4, -0.2) is 9.97 Å². The Balaban J connectivity index is 1.95. The highest BCUT2D eigenvalue weighted by Crippen LogP contribution is 2.29. The van der Waals surface area contributed by atoms with Crippen LogP contribution < -0.4 is 11.1 Å². The van der Waals surface area contributed by atoms with Crippen LogP contribution >= 0.6 is 11.3 Å². The Hall–Kier alpha value is -2.14. The van der Waals surface area contributed by atoms with E-state index < -0.39 is 0 Å².